The first-order valence-electron chi connectivity index (χ1n) is 10.3. The maximum absolute atomic E-state index is 13.4. The average Bonchev–Trinajstić information content (AvgIpc) is 3.00. The van der Waals surface area contributed by atoms with Crippen LogP contribution < -0.4 is 4.74 Å². The number of nitrogens with zero attached hydrogens (tertiary/aromatic N) is 2. The molecule has 5 aliphatic rings. The molecule has 6 nitrogen and oxygen atoms in total. The highest BCUT2D eigenvalue weighted by Crippen LogP contribution is 2.59. The van der Waals surface area contributed by atoms with Gasteiger partial charge in [0.1, 0.15) is 16.8 Å². The molecule has 6 atom stereocenters. The van der Waals surface area contributed by atoms with Gasteiger partial charge >= 0.3 is 5.97 Å². The van der Waals surface area contributed by atoms with Crippen LogP contribution in [-0.2, 0) is 15.1 Å². The van der Waals surface area contributed by atoms with Crippen LogP contribution in [0.4, 0.5) is 5.69 Å². The van der Waals surface area contributed by atoms with E-state index in [0.29, 0.717) is 36.1 Å². The summed E-state index contributed by atoms with van der Waals surface area (Å²) in [5.41, 5.74) is -0.0401. The van der Waals surface area contributed by atoms with Crippen molar-refractivity contribution in [2.45, 2.75) is 44.2 Å². The van der Waals surface area contributed by atoms with Crippen LogP contribution in [0, 0.1) is 17.3 Å². The number of piperidine rings is 2. The number of carbonyl (C=O) groups is 1. The largest absolute Gasteiger partial charge is 0.497 e. The molecule has 1 saturated carbocycles. The molecule has 1 aromatic carbocycles. The van der Waals surface area contributed by atoms with Crippen molar-refractivity contribution in [2.75, 3.05) is 27.3 Å². The molecule has 0 spiro atoms. The molecule has 1 aliphatic carbocycles. The molecule has 4 bridgehead atoms. The predicted molar refractivity (Wildman–Crippen MR) is 105 cm³/mol. The number of esters is 1. The zero-order valence-corrected chi connectivity index (χ0v) is 16.8. The SMILES string of the molecule is CCC1C[C@@H]2CN3CC[C@]4(O)C(=Nc5ccc(OC)cc54)[C@](C(=O)OC)(C2)[C@H]13. The molecule has 6 rings (SSSR count). The highest BCUT2D eigenvalue weighted by atomic mass is 16.5. The fraction of sp³-hybridized carbons (Fsp3) is 0.636. The van der Waals surface area contributed by atoms with Gasteiger partial charge in [0.15, 0.2) is 0 Å². The number of hydrogen-bond donors (Lipinski definition) is 1. The van der Waals surface area contributed by atoms with Crippen molar-refractivity contribution in [1.82, 2.24) is 4.90 Å². The first-order chi connectivity index (χ1) is 13.5. The molecule has 4 fully saturated rings. The standard InChI is InChI=1S/C22H28N2O4/c1-4-14-9-13-11-21(20(25)28-3)18(14)24(12-13)8-7-22(26)16-10-15(27-2)5-6-17(16)23-19(21)22/h5-6,10,13-14,18,26H,4,7-9,11-12H2,1-3H3/t13-,14?,18-,21-,22+/m0/s1. The molecule has 0 radical (unpaired) electrons. The van der Waals surface area contributed by atoms with Crippen LogP contribution in [0.3, 0.4) is 0 Å². The summed E-state index contributed by atoms with van der Waals surface area (Å²) in [5.74, 6) is 1.28. The van der Waals surface area contributed by atoms with Gasteiger partial charge in [0.2, 0.25) is 0 Å². The smallest absolute Gasteiger partial charge is 0.319 e. The lowest BCUT2D eigenvalue weighted by atomic mass is 9.54. The van der Waals surface area contributed by atoms with E-state index < -0.39 is 11.0 Å². The summed E-state index contributed by atoms with van der Waals surface area (Å²) in [6, 6.07) is 5.65. The molecule has 4 heterocycles. The van der Waals surface area contributed by atoms with Crippen LogP contribution in [0.1, 0.15) is 38.2 Å². The number of carbonyl (C=O) groups excluding carboxylic acids is 1. The molecule has 3 saturated heterocycles. The van der Waals surface area contributed by atoms with Crippen LogP contribution in [-0.4, -0.2) is 55.0 Å². The number of hydrogen-bond acceptors (Lipinski definition) is 6. The summed E-state index contributed by atoms with van der Waals surface area (Å²) in [6.07, 6.45) is 3.40. The molecular formula is C22H28N2O4. The number of aliphatic imine (C=N–C) groups is 1. The molecular weight excluding hydrogens is 356 g/mol. The van der Waals surface area contributed by atoms with Gasteiger partial charge in [-0.15, -0.1) is 0 Å². The Kier molecular flexibility index (Phi) is 3.91. The Labute approximate surface area is 165 Å². The maximum Gasteiger partial charge on any atom is 0.319 e. The molecule has 0 aromatic heterocycles. The van der Waals surface area contributed by atoms with E-state index in [9.17, 15) is 9.90 Å². The number of fused-ring (bicyclic) bond motifs is 4. The number of rotatable bonds is 3. The van der Waals surface area contributed by atoms with Crippen molar-refractivity contribution in [1.29, 1.82) is 0 Å². The van der Waals surface area contributed by atoms with Gasteiger partial charge in [-0.2, -0.15) is 0 Å². The minimum absolute atomic E-state index is 0.0407. The first-order valence-corrected chi connectivity index (χ1v) is 10.3. The van der Waals surface area contributed by atoms with Gasteiger partial charge in [-0.3, -0.25) is 14.7 Å². The van der Waals surface area contributed by atoms with E-state index in [0.717, 1.165) is 37.2 Å². The zero-order valence-electron chi connectivity index (χ0n) is 16.8. The highest BCUT2D eigenvalue weighted by Gasteiger charge is 2.68. The van der Waals surface area contributed by atoms with Crippen molar-refractivity contribution in [3.63, 3.8) is 0 Å². The van der Waals surface area contributed by atoms with E-state index in [2.05, 4.69) is 11.8 Å². The van der Waals surface area contributed by atoms with E-state index in [4.69, 9.17) is 14.5 Å². The van der Waals surface area contributed by atoms with Crippen LogP contribution >= 0.6 is 0 Å². The molecule has 1 aromatic rings. The Morgan fingerprint density at radius 3 is 2.93 bits per heavy atom. The van der Waals surface area contributed by atoms with Gasteiger partial charge in [0.05, 0.1) is 25.6 Å². The zero-order chi connectivity index (χ0) is 19.7. The second-order valence-electron chi connectivity index (χ2n) is 8.83. The van der Waals surface area contributed by atoms with Crippen LogP contribution in [0.15, 0.2) is 23.2 Å². The van der Waals surface area contributed by atoms with Gasteiger partial charge in [0, 0.05) is 24.7 Å². The van der Waals surface area contributed by atoms with Crippen molar-refractivity contribution in [3.8, 4) is 5.75 Å². The van der Waals surface area contributed by atoms with Gasteiger partial charge < -0.3 is 14.6 Å². The third-order valence-electron chi connectivity index (χ3n) is 7.61. The Bertz CT molecular complexity index is 868. The van der Waals surface area contributed by atoms with Gasteiger partial charge in [-0.25, -0.2) is 0 Å². The summed E-state index contributed by atoms with van der Waals surface area (Å²) in [4.78, 5) is 20.7. The number of methoxy groups -OCH3 is 2. The summed E-state index contributed by atoms with van der Waals surface area (Å²) in [7, 11) is 3.08. The van der Waals surface area contributed by atoms with Crippen LogP contribution in [0.2, 0.25) is 0 Å². The summed E-state index contributed by atoms with van der Waals surface area (Å²) in [6.45, 7) is 3.95. The Hall–Kier alpha value is -1.92. The predicted octanol–water partition coefficient (Wildman–Crippen LogP) is 2.65. The minimum atomic E-state index is -1.25. The lowest BCUT2D eigenvalue weighted by molar-refractivity contribution is -0.164. The molecule has 2 unspecified atom stereocenters. The molecule has 28 heavy (non-hydrogen) atoms. The van der Waals surface area contributed by atoms with Crippen molar-refractivity contribution < 1.29 is 19.4 Å². The highest BCUT2D eigenvalue weighted by molar-refractivity contribution is 6.15. The maximum atomic E-state index is 13.4. The summed E-state index contributed by atoms with van der Waals surface area (Å²) >= 11 is 0. The van der Waals surface area contributed by atoms with Crippen LogP contribution in [0.25, 0.3) is 0 Å². The van der Waals surface area contributed by atoms with E-state index in [-0.39, 0.29) is 12.0 Å². The van der Waals surface area contributed by atoms with Gasteiger partial charge in [-0.05, 0) is 49.3 Å². The summed E-state index contributed by atoms with van der Waals surface area (Å²) in [5, 5.41) is 12.0. The number of aliphatic hydroxyl groups is 1. The van der Waals surface area contributed by atoms with Crippen molar-refractivity contribution in [2.24, 2.45) is 22.2 Å². The normalized spacial score (nSPS) is 40.2. The number of benzene rings is 1. The van der Waals surface area contributed by atoms with E-state index in [1.807, 2.05) is 18.2 Å². The topological polar surface area (TPSA) is 71.4 Å². The molecule has 4 aliphatic heterocycles. The molecule has 0 amide bonds. The second-order valence-corrected chi connectivity index (χ2v) is 8.83. The Morgan fingerprint density at radius 1 is 1.39 bits per heavy atom. The van der Waals surface area contributed by atoms with Crippen molar-refractivity contribution >= 4 is 17.4 Å². The van der Waals surface area contributed by atoms with E-state index in [1.165, 1.54) is 7.11 Å². The molecule has 1 N–H and O–H groups in total. The fourth-order valence-electron chi connectivity index (χ4n) is 6.59. The lowest BCUT2D eigenvalue weighted by Crippen LogP contribution is -2.68. The second kappa shape index (κ2) is 6.04. The molecule has 150 valence electrons. The fourth-order valence-corrected chi connectivity index (χ4v) is 6.59. The lowest BCUT2D eigenvalue weighted by Gasteiger charge is -2.58. The monoisotopic (exact) mass is 384 g/mol. The summed E-state index contributed by atoms with van der Waals surface area (Å²) < 4.78 is 10.8. The third-order valence-corrected chi connectivity index (χ3v) is 7.61. The molecule has 6 heteroatoms. The average molecular weight is 384 g/mol. The van der Waals surface area contributed by atoms with Gasteiger partial charge in [-0.1, -0.05) is 13.3 Å². The number of ether oxygens (including phenoxy) is 2. The van der Waals surface area contributed by atoms with E-state index in [1.54, 1.807) is 7.11 Å². The van der Waals surface area contributed by atoms with E-state index >= 15 is 0 Å². The Balaban J connectivity index is 1.74. The van der Waals surface area contributed by atoms with Gasteiger partial charge in [0.25, 0.3) is 0 Å². The van der Waals surface area contributed by atoms with Crippen molar-refractivity contribution in [3.05, 3.63) is 23.8 Å². The van der Waals surface area contributed by atoms with Crippen LogP contribution in [0.5, 0.6) is 5.75 Å². The third kappa shape index (κ3) is 2.10. The first kappa shape index (κ1) is 18.1. The Morgan fingerprint density at radius 2 is 2.21 bits per heavy atom. The minimum Gasteiger partial charge on any atom is -0.497 e. The quantitative estimate of drug-likeness (QED) is 0.812.